The highest BCUT2D eigenvalue weighted by Crippen LogP contribution is 2.30. The second kappa shape index (κ2) is 3.12. The summed E-state index contributed by atoms with van der Waals surface area (Å²) in [6, 6.07) is 0.849. The van der Waals surface area contributed by atoms with Gasteiger partial charge in [0.05, 0.1) is 6.04 Å². The second-order valence-corrected chi connectivity index (χ2v) is 5.14. The van der Waals surface area contributed by atoms with Crippen LogP contribution in [0.5, 0.6) is 0 Å². The standard InChI is InChI=1S/C10H18N2O2/c1-10(2,3)14-9(13)12-8-5-4-7(6-8)11-12/h7-8,11H,4-6H2,1-3H3. The van der Waals surface area contributed by atoms with Crippen LogP contribution in [0.15, 0.2) is 0 Å². The Morgan fingerprint density at radius 3 is 2.57 bits per heavy atom. The van der Waals surface area contributed by atoms with Crippen molar-refractivity contribution in [3.8, 4) is 0 Å². The van der Waals surface area contributed by atoms with E-state index in [1.54, 1.807) is 5.01 Å². The quantitative estimate of drug-likeness (QED) is 0.643. The summed E-state index contributed by atoms with van der Waals surface area (Å²) in [6.07, 6.45) is 3.14. The van der Waals surface area contributed by atoms with Crippen LogP contribution in [0.4, 0.5) is 4.79 Å². The van der Waals surface area contributed by atoms with Crippen LogP contribution in [0.25, 0.3) is 0 Å². The maximum absolute atomic E-state index is 11.7. The van der Waals surface area contributed by atoms with Gasteiger partial charge in [-0.1, -0.05) is 0 Å². The molecule has 1 saturated heterocycles. The fourth-order valence-corrected chi connectivity index (χ4v) is 2.12. The van der Waals surface area contributed by atoms with E-state index in [9.17, 15) is 4.79 Å². The predicted molar refractivity (Wildman–Crippen MR) is 52.6 cm³/mol. The number of carbonyl (C=O) groups is 1. The van der Waals surface area contributed by atoms with E-state index < -0.39 is 5.60 Å². The van der Waals surface area contributed by atoms with Gasteiger partial charge < -0.3 is 4.74 Å². The highest BCUT2D eigenvalue weighted by molar-refractivity contribution is 5.68. The van der Waals surface area contributed by atoms with Gasteiger partial charge in [-0.15, -0.1) is 0 Å². The van der Waals surface area contributed by atoms with Gasteiger partial charge in [0.25, 0.3) is 0 Å². The Morgan fingerprint density at radius 1 is 1.43 bits per heavy atom. The number of hydrazine groups is 1. The van der Waals surface area contributed by atoms with Crippen molar-refractivity contribution in [1.82, 2.24) is 10.4 Å². The van der Waals surface area contributed by atoms with Gasteiger partial charge in [-0.3, -0.25) is 0 Å². The highest BCUT2D eigenvalue weighted by Gasteiger charge is 2.41. The van der Waals surface area contributed by atoms with Crippen molar-refractivity contribution >= 4 is 6.09 Å². The fourth-order valence-electron chi connectivity index (χ4n) is 2.12. The molecule has 80 valence electrons. The lowest BCUT2D eigenvalue weighted by molar-refractivity contribution is 0.00655. The van der Waals surface area contributed by atoms with Crippen LogP contribution in [0.2, 0.25) is 0 Å². The number of rotatable bonds is 0. The Kier molecular flexibility index (Phi) is 2.18. The molecule has 1 saturated carbocycles. The Hall–Kier alpha value is -0.770. The molecule has 0 aromatic heterocycles. The molecule has 2 rings (SSSR count). The first-order chi connectivity index (χ1) is 6.46. The number of nitrogens with zero attached hydrogens (tertiary/aromatic N) is 1. The molecule has 4 heteroatoms. The molecule has 2 fully saturated rings. The van der Waals surface area contributed by atoms with Crippen LogP contribution in [0.1, 0.15) is 40.0 Å². The number of nitrogens with one attached hydrogen (secondary N) is 1. The third-order valence-corrected chi connectivity index (χ3v) is 2.68. The van der Waals surface area contributed by atoms with E-state index in [1.807, 2.05) is 20.8 Å². The molecule has 0 aromatic carbocycles. The summed E-state index contributed by atoms with van der Waals surface area (Å²) in [5.41, 5.74) is 2.77. The first-order valence-corrected chi connectivity index (χ1v) is 5.24. The van der Waals surface area contributed by atoms with Crippen molar-refractivity contribution in [2.24, 2.45) is 0 Å². The molecule has 1 aliphatic heterocycles. The minimum atomic E-state index is -0.402. The van der Waals surface area contributed by atoms with Gasteiger partial charge in [0.15, 0.2) is 0 Å². The summed E-state index contributed by atoms with van der Waals surface area (Å²) in [5, 5.41) is 1.67. The van der Waals surface area contributed by atoms with Gasteiger partial charge in [0.1, 0.15) is 5.60 Å². The average molecular weight is 198 g/mol. The zero-order valence-electron chi connectivity index (χ0n) is 9.04. The first kappa shape index (κ1) is 9.77. The molecule has 1 amide bonds. The van der Waals surface area contributed by atoms with Crippen LogP contribution in [-0.4, -0.2) is 28.8 Å². The minimum Gasteiger partial charge on any atom is -0.443 e. The molecule has 1 N–H and O–H groups in total. The summed E-state index contributed by atoms with van der Waals surface area (Å²) in [7, 11) is 0. The van der Waals surface area contributed by atoms with Gasteiger partial charge in [0.2, 0.25) is 0 Å². The van der Waals surface area contributed by atoms with E-state index >= 15 is 0 Å². The number of amides is 1. The lowest BCUT2D eigenvalue weighted by Gasteiger charge is -2.30. The van der Waals surface area contributed by atoms with Gasteiger partial charge in [0, 0.05) is 6.04 Å². The van der Waals surface area contributed by atoms with Crippen LogP contribution in [0, 0.1) is 0 Å². The molecule has 4 nitrogen and oxygen atoms in total. The minimum absolute atomic E-state index is 0.232. The summed E-state index contributed by atoms with van der Waals surface area (Å²) in [4.78, 5) is 11.7. The third-order valence-electron chi connectivity index (χ3n) is 2.68. The van der Waals surface area contributed by atoms with Gasteiger partial charge in [-0.05, 0) is 40.0 Å². The lowest BCUT2D eigenvalue weighted by Crippen LogP contribution is -2.49. The molecule has 2 bridgehead atoms. The van der Waals surface area contributed by atoms with Crippen LogP contribution >= 0.6 is 0 Å². The zero-order valence-corrected chi connectivity index (χ0v) is 9.04. The Morgan fingerprint density at radius 2 is 2.14 bits per heavy atom. The molecular formula is C10H18N2O2. The summed E-state index contributed by atoms with van der Waals surface area (Å²) in [6.45, 7) is 5.66. The summed E-state index contributed by atoms with van der Waals surface area (Å²) < 4.78 is 5.30. The smallest absolute Gasteiger partial charge is 0.425 e. The molecular weight excluding hydrogens is 180 g/mol. The zero-order chi connectivity index (χ0) is 10.3. The van der Waals surface area contributed by atoms with Crippen molar-refractivity contribution in [2.45, 2.75) is 57.7 Å². The normalized spacial score (nSPS) is 30.9. The van der Waals surface area contributed by atoms with Crippen LogP contribution in [0.3, 0.4) is 0 Å². The van der Waals surface area contributed by atoms with E-state index in [1.165, 1.54) is 6.42 Å². The van der Waals surface area contributed by atoms with Gasteiger partial charge in [-0.2, -0.15) is 0 Å². The number of ether oxygens (including phenoxy) is 1. The number of hydrogen-bond acceptors (Lipinski definition) is 3. The van der Waals surface area contributed by atoms with E-state index in [2.05, 4.69) is 5.43 Å². The maximum atomic E-state index is 11.7. The molecule has 2 atom stereocenters. The lowest BCUT2D eigenvalue weighted by atomic mass is 10.2. The Bertz CT molecular complexity index is 247. The molecule has 2 aliphatic rings. The van der Waals surface area contributed by atoms with Crippen LogP contribution in [-0.2, 0) is 4.74 Å². The predicted octanol–water partition coefficient (Wildman–Crippen LogP) is 1.66. The van der Waals surface area contributed by atoms with E-state index in [0.29, 0.717) is 12.1 Å². The molecule has 14 heavy (non-hydrogen) atoms. The first-order valence-electron chi connectivity index (χ1n) is 5.24. The van der Waals surface area contributed by atoms with E-state index in [0.717, 1.165) is 12.8 Å². The molecule has 2 unspecified atom stereocenters. The van der Waals surface area contributed by atoms with Crippen molar-refractivity contribution in [3.63, 3.8) is 0 Å². The maximum Gasteiger partial charge on any atom is 0.425 e. The number of carbonyl (C=O) groups excluding carboxylic acids is 1. The van der Waals surface area contributed by atoms with E-state index in [4.69, 9.17) is 4.74 Å². The molecule has 1 aliphatic carbocycles. The Labute approximate surface area is 84.6 Å². The monoisotopic (exact) mass is 198 g/mol. The summed E-state index contributed by atoms with van der Waals surface area (Å²) >= 11 is 0. The molecule has 0 aromatic rings. The average Bonchev–Trinajstić information content (AvgIpc) is 2.59. The molecule has 1 heterocycles. The SMILES string of the molecule is CC(C)(C)OC(=O)N1NC2CCC1C2. The molecule has 0 spiro atoms. The fraction of sp³-hybridized carbons (Fsp3) is 0.900. The topological polar surface area (TPSA) is 41.6 Å². The molecule has 0 radical (unpaired) electrons. The summed E-state index contributed by atoms with van der Waals surface area (Å²) in [5.74, 6) is 0. The van der Waals surface area contributed by atoms with Gasteiger partial charge >= 0.3 is 6.09 Å². The van der Waals surface area contributed by atoms with Crippen molar-refractivity contribution in [3.05, 3.63) is 0 Å². The largest absolute Gasteiger partial charge is 0.443 e. The third kappa shape index (κ3) is 1.85. The van der Waals surface area contributed by atoms with Crippen molar-refractivity contribution in [2.75, 3.05) is 0 Å². The van der Waals surface area contributed by atoms with E-state index in [-0.39, 0.29) is 6.09 Å². The highest BCUT2D eigenvalue weighted by atomic mass is 16.6. The van der Waals surface area contributed by atoms with Gasteiger partial charge in [-0.25, -0.2) is 15.2 Å². The Balaban J connectivity index is 1.93. The van der Waals surface area contributed by atoms with Crippen molar-refractivity contribution < 1.29 is 9.53 Å². The number of hydrogen-bond donors (Lipinski definition) is 1. The van der Waals surface area contributed by atoms with Crippen LogP contribution < -0.4 is 5.43 Å². The number of fused-ring (bicyclic) bond motifs is 2. The second-order valence-electron chi connectivity index (χ2n) is 5.14. The van der Waals surface area contributed by atoms with Crippen molar-refractivity contribution in [1.29, 1.82) is 0 Å².